The molecule has 0 aromatic rings. The Morgan fingerprint density at radius 2 is 1.41 bits per heavy atom. The van der Waals surface area contributed by atoms with Crippen molar-refractivity contribution in [2.45, 2.75) is 87.5 Å². The smallest absolute Gasteiger partial charge is 0.323 e. The van der Waals surface area contributed by atoms with Gasteiger partial charge in [0.25, 0.3) is 0 Å². The van der Waals surface area contributed by atoms with Gasteiger partial charge in [0.2, 0.25) is 0 Å². The van der Waals surface area contributed by atoms with Crippen molar-refractivity contribution in [1.29, 1.82) is 0 Å². The fraction of sp³-hybridized carbons (Fsp3) is 1.00. The van der Waals surface area contributed by atoms with Gasteiger partial charge in [0, 0.05) is 17.6 Å². The summed E-state index contributed by atoms with van der Waals surface area (Å²) < 4.78 is 80.1. The molecule has 4 aliphatic rings. The lowest BCUT2D eigenvalue weighted by atomic mass is 9.75. The summed E-state index contributed by atoms with van der Waals surface area (Å²) in [5.74, 6) is -2.97. The van der Waals surface area contributed by atoms with Crippen molar-refractivity contribution in [2.75, 3.05) is 0 Å². The zero-order valence-corrected chi connectivity index (χ0v) is 15.0. The van der Waals surface area contributed by atoms with Crippen LogP contribution in [0.5, 0.6) is 0 Å². The van der Waals surface area contributed by atoms with E-state index in [0.29, 0.717) is 11.8 Å². The fourth-order valence-corrected chi connectivity index (χ4v) is 6.20. The van der Waals surface area contributed by atoms with Crippen LogP contribution in [0.15, 0.2) is 0 Å². The highest BCUT2D eigenvalue weighted by molar-refractivity contribution is 5.13. The summed E-state index contributed by atoms with van der Waals surface area (Å²) in [7, 11) is 0. The Morgan fingerprint density at radius 3 is 1.93 bits per heavy atom. The zero-order chi connectivity index (χ0) is 19.6. The third-order valence-electron chi connectivity index (χ3n) is 7.49. The van der Waals surface area contributed by atoms with Crippen molar-refractivity contribution < 1.29 is 26.3 Å². The zero-order valence-electron chi connectivity index (χ0n) is 15.0. The molecule has 0 amide bonds. The van der Waals surface area contributed by atoms with E-state index in [1.807, 2.05) is 0 Å². The van der Waals surface area contributed by atoms with Crippen molar-refractivity contribution in [1.82, 2.24) is 10.6 Å². The summed E-state index contributed by atoms with van der Waals surface area (Å²) >= 11 is 0. The first kappa shape index (κ1) is 19.8. The van der Waals surface area contributed by atoms with Crippen LogP contribution >= 0.6 is 0 Å². The molecule has 1 saturated heterocycles. The molecule has 4 fully saturated rings. The monoisotopic (exact) mass is 399 g/mol. The molecule has 0 spiro atoms. The number of halogens is 6. The molecule has 7 unspecified atom stereocenters. The minimum atomic E-state index is -4.66. The van der Waals surface area contributed by atoms with Crippen molar-refractivity contribution in [3.63, 3.8) is 0 Å². The van der Waals surface area contributed by atoms with E-state index in [1.165, 1.54) is 0 Å². The van der Waals surface area contributed by atoms with Gasteiger partial charge in [-0.1, -0.05) is 25.7 Å². The SMILES string of the molecule is NC1(C2NC3CC(C(F)(F)F)CC(C(F)(F)F)C3N2)CC2CCCCC2C1. The molecule has 0 aromatic carbocycles. The van der Waals surface area contributed by atoms with E-state index in [0.717, 1.165) is 38.5 Å². The second kappa shape index (κ2) is 6.49. The van der Waals surface area contributed by atoms with Gasteiger partial charge in [-0.15, -0.1) is 0 Å². The average molecular weight is 399 g/mol. The van der Waals surface area contributed by atoms with Gasteiger partial charge >= 0.3 is 12.4 Å². The molecule has 0 radical (unpaired) electrons. The van der Waals surface area contributed by atoms with Crippen LogP contribution in [0, 0.1) is 23.7 Å². The molecule has 3 nitrogen and oxygen atoms in total. The third-order valence-corrected chi connectivity index (χ3v) is 7.49. The van der Waals surface area contributed by atoms with Gasteiger partial charge in [0.05, 0.1) is 18.0 Å². The summed E-state index contributed by atoms with van der Waals surface area (Å²) in [4.78, 5) is 0. The lowest BCUT2D eigenvalue weighted by molar-refractivity contribution is -0.228. The lowest BCUT2D eigenvalue weighted by Crippen LogP contribution is -2.59. The highest BCUT2D eigenvalue weighted by atomic mass is 19.4. The molecular formula is C18H27F6N3. The Labute approximate surface area is 154 Å². The summed E-state index contributed by atoms with van der Waals surface area (Å²) in [6.45, 7) is 0. The molecule has 27 heavy (non-hydrogen) atoms. The molecule has 1 heterocycles. The summed E-state index contributed by atoms with van der Waals surface area (Å²) in [6, 6.07) is -1.90. The molecule has 4 rings (SSSR count). The van der Waals surface area contributed by atoms with E-state index >= 15 is 0 Å². The first-order valence-electron chi connectivity index (χ1n) is 9.92. The van der Waals surface area contributed by atoms with Crippen LogP contribution in [0.25, 0.3) is 0 Å². The molecule has 0 aromatic heterocycles. The van der Waals surface area contributed by atoms with Crippen molar-refractivity contribution in [3.8, 4) is 0 Å². The maximum Gasteiger partial charge on any atom is 0.393 e. The number of nitrogens with two attached hydrogens (primary N) is 1. The molecule has 156 valence electrons. The molecule has 4 N–H and O–H groups in total. The standard InChI is InChI=1S/C18H27F6N3/c19-17(20,21)11-5-12(18(22,23)24)14-13(6-11)26-15(27-14)16(25)7-9-3-1-2-4-10(9)8-16/h9-15,26-27H,1-8,25H2. The second-order valence-electron chi connectivity index (χ2n) is 9.20. The quantitative estimate of drug-likeness (QED) is 0.590. The maximum atomic E-state index is 13.5. The fourth-order valence-electron chi connectivity index (χ4n) is 6.20. The van der Waals surface area contributed by atoms with Gasteiger partial charge in [-0.25, -0.2) is 0 Å². The van der Waals surface area contributed by atoms with Crippen LogP contribution in [0.4, 0.5) is 26.3 Å². The van der Waals surface area contributed by atoms with Crippen LogP contribution in [0.2, 0.25) is 0 Å². The van der Waals surface area contributed by atoms with E-state index in [4.69, 9.17) is 5.73 Å². The van der Waals surface area contributed by atoms with E-state index < -0.39 is 54.4 Å². The second-order valence-corrected chi connectivity index (χ2v) is 9.20. The van der Waals surface area contributed by atoms with E-state index in [9.17, 15) is 26.3 Å². The van der Waals surface area contributed by atoms with E-state index in [1.54, 1.807) is 0 Å². The Bertz CT molecular complexity index is 548. The predicted octanol–water partition coefficient (Wildman–Crippen LogP) is 3.69. The molecular weight excluding hydrogens is 372 g/mol. The van der Waals surface area contributed by atoms with Crippen LogP contribution in [-0.2, 0) is 0 Å². The van der Waals surface area contributed by atoms with Gasteiger partial charge in [-0.05, 0) is 37.5 Å². The van der Waals surface area contributed by atoms with Crippen LogP contribution in [0.3, 0.4) is 0 Å². The van der Waals surface area contributed by atoms with Gasteiger partial charge in [0.15, 0.2) is 0 Å². The topological polar surface area (TPSA) is 50.1 Å². The van der Waals surface area contributed by atoms with Crippen LogP contribution in [-0.4, -0.2) is 36.1 Å². The van der Waals surface area contributed by atoms with E-state index in [2.05, 4.69) is 10.6 Å². The molecule has 0 bridgehead atoms. The summed E-state index contributed by atoms with van der Waals surface area (Å²) in [5, 5.41) is 6.04. The molecule has 7 atom stereocenters. The highest BCUT2D eigenvalue weighted by Crippen LogP contribution is 2.50. The number of hydrogen-bond acceptors (Lipinski definition) is 3. The summed E-state index contributed by atoms with van der Waals surface area (Å²) in [5.41, 5.74) is 5.93. The highest BCUT2D eigenvalue weighted by Gasteiger charge is 2.61. The maximum absolute atomic E-state index is 13.5. The number of hydrogen-bond donors (Lipinski definition) is 3. The van der Waals surface area contributed by atoms with Crippen molar-refractivity contribution >= 4 is 0 Å². The Hall–Kier alpha value is -0.540. The van der Waals surface area contributed by atoms with Crippen molar-refractivity contribution in [3.05, 3.63) is 0 Å². The number of fused-ring (bicyclic) bond motifs is 2. The average Bonchev–Trinajstić information content (AvgIpc) is 3.12. The molecule has 3 saturated carbocycles. The van der Waals surface area contributed by atoms with E-state index in [-0.39, 0.29) is 6.42 Å². The normalized spacial score (nSPS) is 48.3. The lowest BCUT2D eigenvalue weighted by Gasteiger charge is -2.39. The Morgan fingerprint density at radius 1 is 0.815 bits per heavy atom. The van der Waals surface area contributed by atoms with Gasteiger partial charge < -0.3 is 5.73 Å². The van der Waals surface area contributed by atoms with Crippen molar-refractivity contribution in [2.24, 2.45) is 29.4 Å². The van der Waals surface area contributed by atoms with Crippen LogP contribution < -0.4 is 16.4 Å². The Balaban J connectivity index is 1.53. The largest absolute Gasteiger partial charge is 0.393 e. The Kier molecular flexibility index (Phi) is 4.75. The minimum Gasteiger partial charge on any atom is -0.323 e. The minimum absolute atomic E-state index is 0.326. The molecule has 3 aliphatic carbocycles. The van der Waals surface area contributed by atoms with Gasteiger partial charge in [-0.2, -0.15) is 26.3 Å². The molecule has 1 aliphatic heterocycles. The first-order chi connectivity index (χ1) is 12.5. The predicted molar refractivity (Wildman–Crippen MR) is 87.6 cm³/mol. The van der Waals surface area contributed by atoms with Crippen LogP contribution in [0.1, 0.15) is 51.4 Å². The number of nitrogens with one attached hydrogen (secondary N) is 2. The van der Waals surface area contributed by atoms with Gasteiger partial charge in [-0.3, -0.25) is 10.6 Å². The molecule has 9 heteroatoms. The summed E-state index contributed by atoms with van der Waals surface area (Å²) in [6.07, 6.45) is -5.15. The number of rotatable bonds is 1. The first-order valence-corrected chi connectivity index (χ1v) is 9.92. The number of alkyl halides is 6. The third kappa shape index (κ3) is 3.59. The van der Waals surface area contributed by atoms with Gasteiger partial charge in [0.1, 0.15) is 0 Å².